The van der Waals surface area contributed by atoms with Gasteiger partial charge < -0.3 is 19.7 Å². The standard InChI is InChI=1S/C7H4BrNO6/c8-3-2-9-5(15-7(12)13)1-4(3)14-6(10)11/h1-2H,(H,10,11)(H,12,13). The largest absolute Gasteiger partial charge is 0.512 e. The predicted molar refractivity (Wildman–Crippen MR) is 49.2 cm³/mol. The molecule has 0 atom stereocenters. The summed E-state index contributed by atoms with van der Waals surface area (Å²) >= 11 is 2.97. The Bertz CT molecular complexity index is 406. The molecule has 0 saturated carbocycles. The van der Waals surface area contributed by atoms with Crippen LogP contribution in [-0.2, 0) is 0 Å². The molecule has 1 aromatic heterocycles. The zero-order chi connectivity index (χ0) is 11.4. The summed E-state index contributed by atoms with van der Waals surface area (Å²) in [7, 11) is 0. The fraction of sp³-hybridized carbons (Fsp3) is 0. The van der Waals surface area contributed by atoms with Crippen molar-refractivity contribution in [3.8, 4) is 11.6 Å². The highest BCUT2D eigenvalue weighted by atomic mass is 79.9. The molecule has 7 nitrogen and oxygen atoms in total. The molecule has 80 valence electrons. The van der Waals surface area contributed by atoms with Crippen molar-refractivity contribution in [1.29, 1.82) is 0 Å². The average Bonchev–Trinajstić information content (AvgIpc) is 2.09. The van der Waals surface area contributed by atoms with Gasteiger partial charge in [0.2, 0.25) is 5.88 Å². The predicted octanol–water partition coefficient (Wildman–Crippen LogP) is 1.96. The Balaban J connectivity index is 2.94. The van der Waals surface area contributed by atoms with Gasteiger partial charge in [-0.05, 0) is 15.9 Å². The zero-order valence-corrected chi connectivity index (χ0v) is 8.59. The molecule has 0 spiro atoms. The summed E-state index contributed by atoms with van der Waals surface area (Å²) in [6.45, 7) is 0. The fourth-order valence-corrected chi connectivity index (χ4v) is 1.02. The van der Waals surface area contributed by atoms with Gasteiger partial charge in [0, 0.05) is 12.3 Å². The lowest BCUT2D eigenvalue weighted by Crippen LogP contribution is -2.07. The van der Waals surface area contributed by atoms with Crippen LogP contribution in [0.25, 0.3) is 0 Å². The molecule has 0 bridgehead atoms. The molecule has 0 aliphatic heterocycles. The van der Waals surface area contributed by atoms with Crippen molar-refractivity contribution in [2.75, 3.05) is 0 Å². The summed E-state index contributed by atoms with van der Waals surface area (Å²) in [6, 6.07) is 1.03. The first-order valence-corrected chi connectivity index (χ1v) is 4.25. The average molecular weight is 278 g/mol. The number of hydrogen-bond donors (Lipinski definition) is 2. The van der Waals surface area contributed by atoms with Crippen molar-refractivity contribution >= 4 is 28.2 Å². The lowest BCUT2D eigenvalue weighted by Gasteiger charge is -2.04. The number of ether oxygens (including phenoxy) is 2. The summed E-state index contributed by atoms with van der Waals surface area (Å²) in [5.41, 5.74) is 0. The number of aromatic nitrogens is 1. The quantitative estimate of drug-likeness (QED) is 0.796. The van der Waals surface area contributed by atoms with Gasteiger partial charge in [0.25, 0.3) is 0 Å². The van der Waals surface area contributed by atoms with E-state index in [1.54, 1.807) is 0 Å². The second kappa shape index (κ2) is 4.60. The van der Waals surface area contributed by atoms with Gasteiger partial charge in [-0.2, -0.15) is 0 Å². The van der Waals surface area contributed by atoms with Crippen molar-refractivity contribution < 1.29 is 29.3 Å². The van der Waals surface area contributed by atoms with Gasteiger partial charge in [0.1, 0.15) is 0 Å². The Morgan fingerprint density at radius 3 is 2.40 bits per heavy atom. The number of hydrogen-bond acceptors (Lipinski definition) is 5. The Morgan fingerprint density at radius 2 is 1.87 bits per heavy atom. The highest BCUT2D eigenvalue weighted by Crippen LogP contribution is 2.27. The number of halogens is 1. The van der Waals surface area contributed by atoms with Gasteiger partial charge in [-0.25, -0.2) is 14.6 Å². The van der Waals surface area contributed by atoms with Crippen LogP contribution in [0.5, 0.6) is 11.6 Å². The summed E-state index contributed by atoms with van der Waals surface area (Å²) in [4.78, 5) is 24.0. The van der Waals surface area contributed by atoms with E-state index in [-0.39, 0.29) is 16.1 Å². The normalized spacial score (nSPS) is 9.40. The Morgan fingerprint density at radius 1 is 1.27 bits per heavy atom. The molecule has 0 saturated heterocycles. The first kappa shape index (κ1) is 11.2. The Kier molecular flexibility index (Phi) is 3.45. The lowest BCUT2D eigenvalue weighted by atomic mass is 10.4. The molecule has 1 rings (SSSR count). The third kappa shape index (κ3) is 3.43. The molecule has 0 fully saturated rings. The minimum Gasteiger partial charge on any atom is -0.449 e. The number of rotatable bonds is 2. The highest BCUT2D eigenvalue weighted by Gasteiger charge is 2.10. The summed E-state index contributed by atoms with van der Waals surface area (Å²) < 4.78 is 8.79. The van der Waals surface area contributed by atoms with Gasteiger partial charge in [0.15, 0.2) is 5.75 Å². The molecule has 2 N–H and O–H groups in total. The zero-order valence-electron chi connectivity index (χ0n) is 7.01. The van der Waals surface area contributed by atoms with E-state index in [9.17, 15) is 9.59 Å². The summed E-state index contributed by atoms with van der Waals surface area (Å²) in [6.07, 6.45) is -1.91. The van der Waals surface area contributed by atoms with E-state index in [1.165, 1.54) is 0 Å². The molecular formula is C7H4BrNO6. The molecule has 0 aliphatic carbocycles. The number of carbonyl (C=O) groups is 2. The van der Waals surface area contributed by atoms with Crippen LogP contribution in [0.4, 0.5) is 9.59 Å². The fourth-order valence-electron chi connectivity index (χ4n) is 0.720. The van der Waals surface area contributed by atoms with Gasteiger partial charge >= 0.3 is 12.3 Å². The van der Waals surface area contributed by atoms with Crippen LogP contribution in [0.15, 0.2) is 16.7 Å². The van der Waals surface area contributed by atoms with Crippen LogP contribution in [0.3, 0.4) is 0 Å². The topological polar surface area (TPSA) is 106 Å². The molecule has 8 heteroatoms. The smallest absolute Gasteiger partial charge is 0.449 e. The van der Waals surface area contributed by atoms with E-state index < -0.39 is 12.3 Å². The molecule has 0 unspecified atom stereocenters. The van der Waals surface area contributed by atoms with Gasteiger partial charge in [-0.3, -0.25) is 0 Å². The Hall–Kier alpha value is -1.83. The van der Waals surface area contributed by atoms with Crippen LogP contribution in [0.1, 0.15) is 0 Å². The van der Waals surface area contributed by atoms with Crippen molar-refractivity contribution in [2.45, 2.75) is 0 Å². The Labute approximate surface area is 91.4 Å². The maximum absolute atomic E-state index is 10.2. The van der Waals surface area contributed by atoms with Crippen LogP contribution < -0.4 is 9.47 Å². The van der Waals surface area contributed by atoms with Crippen molar-refractivity contribution in [3.05, 3.63) is 16.7 Å². The van der Waals surface area contributed by atoms with E-state index in [0.717, 1.165) is 12.3 Å². The maximum Gasteiger partial charge on any atom is 0.512 e. The van der Waals surface area contributed by atoms with E-state index in [0.29, 0.717) is 0 Å². The van der Waals surface area contributed by atoms with E-state index in [1.807, 2.05) is 0 Å². The minimum absolute atomic E-state index is 0.103. The minimum atomic E-state index is -1.55. The molecule has 0 aromatic carbocycles. The SMILES string of the molecule is O=C(O)Oc1cc(OC(=O)O)c(Br)cn1. The summed E-state index contributed by atoms with van der Waals surface area (Å²) in [5, 5.41) is 16.6. The van der Waals surface area contributed by atoms with Crippen LogP contribution in [-0.4, -0.2) is 27.5 Å². The first-order chi connectivity index (χ1) is 6.99. The number of carboxylic acid groups (broad SMARTS) is 2. The number of pyridine rings is 1. The maximum atomic E-state index is 10.2. The second-order valence-electron chi connectivity index (χ2n) is 2.19. The molecule has 0 aliphatic rings. The highest BCUT2D eigenvalue weighted by molar-refractivity contribution is 9.10. The van der Waals surface area contributed by atoms with Crippen LogP contribution >= 0.6 is 15.9 Å². The van der Waals surface area contributed by atoms with Gasteiger partial charge in [-0.1, -0.05) is 0 Å². The molecule has 0 amide bonds. The van der Waals surface area contributed by atoms with E-state index in [2.05, 4.69) is 30.4 Å². The van der Waals surface area contributed by atoms with Gasteiger partial charge in [-0.15, -0.1) is 0 Å². The third-order valence-corrected chi connectivity index (χ3v) is 1.78. The third-order valence-electron chi connectivity index (χ3n) is 1.18. The number of nitrogens with zero attached hydrogens (tertiary/aromatic N) is 1. The molecule has 15 heavy (non-hydrogen) atoms. The van der Waals surface area contributed by atoms with Crippen molar-refractivity contribution in [1.82, 2.24) is 4.98 Å². The molecule has 0 radical (unpaired) electrons. The van der Waals surface area contributed by atoms with Crippen molar-refractivity contribution in [3.63, 3.8) is 0 Å². The second-order valence-corrected chi connectivity index (χ2v) is 3.04. The van der Waals surface area contributed by atoms with Crippen molar-refractivity contribution in [2.24, 2.45) is 0 Å². The molecule has 1 aromatic rings. The van der Waals surface area contributed by atoms with Gasteiger partial charge in [0.05, 0.1) is 4.47 Å². The molecule has 1 heterocycles. The monoisotopic (exact) mass is 277 g/mol. The van der Waals surface area contributed by atoms with E-state index >= 15 is 0 Å². The van der Waals surface area contributed by atoms with E-state index in [4.69, 9.17) is 10.2 Å². The first-order valence-electron chi connectivity index (χ1n) is 3.46. The lowest BCUT2D eigenvalue weighted by molar-refractivity contribution is 0.141. The van der Waals surface area contributed by atoms with Crippen LogP contribution in [0, 0.1) is 0 Å². The van der Waals surface area contributed by atoms with Crippen LogP contribution in [0.2, 0.25) is 0 Å². The summed E-state index contributed by atoms with van der Waals surface area (Å²) in [5.74, 6) is -0.379. The molecular weight excluding hydrogens is 274 g/mol.